The van der Waals surface area contributed by atoms with Crippen LogP contribution in [-0.2, 0) is 14.6 Å². The predicted octanol–water partition coefficient (Wildman–Crippen LogP) is 4.86. The fourth-order valence-electron chi connectivity index (χ4n) is 3.32. The van der Waals surface area contributed by atoms with Crippen LogP contribution in [0.5, 0.6) is 5.75 Å². The van der Waals surface area contributed by atoms with E-state index >= 15 is 0 Å². The molecule has 2 aromatic carbocycles. The smallest absolute Gasteiger partial charge is 0.225 e. The summed E-state index contributed by atoms with van der Waals surface area (Å²) in [6.07, 6.45) is 0.0981. The summed E-state index contributed by atoms with van der Waals surface area (Å²) in [5.41, 5.74) is 0.840. The number of carbonyl (C=O) groups excluding carboxylic acids is 1. The SMILES string of the molecule is COc1ccc(S(=O)(=O)c2csc3c2NC(=O)C[C@@H]3c2ccc(F)cc2Cl)cc1. The van der Waals surface area contributed by atoms with Crippen molar-refractivity contribution in [1.29, 1.82) is 0 Å². The van der Waals surface area contributed by atoms with E-state index in [0.29, 0.717) is 16.2 Å². The molecule has 0 saturated heterocycles. The first-order chi connectivity index (χ1) is 13.8. The highest BCUT2D eigenvalue weighted by Gasteiger charge is 2.35. The normalized spacial score (nSPS) is 16.2. The number of amides is 1. The molecule has 150 valence electrons. The standard InChI is InChI=1S/C20H15ClFNO4S2/c1-27-12-3-5-13(6-4-12)29(25,26)17-10-28-20-15(9-18(24)23-19(17)20)14-7-2-11(22)8-16(14)21/h2-8,10,15H,9H2,1H3,(H,23,24)/t15-/m1/s1. The quantitative estimate of drug-likeness (QED) is 0.615. The molecule has 5 nitrogen and oxygen atoms in total. The van der Waals surface area contributed by atoms with Crippen LogP contribution >= 0.6 is 22.9 Å². The molecule has 0 unspecified atom stereocenters. The number of fused-ring (bicyclic) bond motifs is 1. The maximum atomic E-state index is 13.4. The zero-order valence-electron chi connectivity index (χ0n) is 15.1. The lowest BCUT2D eigenvalue weighted by Gasteiger charge is -2.24. The topological polar surface area (TPSA) is 72.5 Å². The molecule has 0 fully saturated rings. The average molecular weight is 452 g/mol. The molecule has 0 spiro atoms. The van der Waals surface area contributed by atoms with Gasteiger partial charge in [0.2, 0.25) is 15.7 Å². The van der Waals surface area contributed by atoms with Gasteiger partial charge in [0.15, 0.2) is 0 Å². The third kappa shape index (κ3) is 3.52. The molecular weight excluding hydrogens is 437 g/mol. The van der Waals surface area contributed by atoms with Gasteiger partial charge in [-0.1, -0.05) is 17.7 Å². The van der Waals surface area contributed by atoms with Crippen LogP contribution in [0.2, 0.25) is 5.02 Å². The van der Waals surface area contributed by atoms with Gasteiger partial charge >= 0.3 is 0 Å². The summed E-state index contributed by atoms with van der Waals surface area (Å²) < 4.78 is 44.8. The Bertz CT molecular complexity index is 1210. The van der Waals surface area contributed by atoms with E-state index in [1.54, 1.807) is 12.1 Å². The van der Waals surface area contributed by atoms with E-state index in [0.717, 1.165) is 0 Å². The number of benzene rings is 2. The number of ether oxygens (including phenoxy) is 1. The van der Waals surface area contributed by atoms with Crippen LogP contribution in [0.25, 0.3) is 0 Å². The fourth-order valence-corrected chi connectivity index (χ4v) is 6.52. The fraction of sp³-hybridized carbons (Fsp3) is 0.150. The van der Waals surface area contributed by atoms with Crippen LogP contribution in [0, 0.1) is 5.82 Å². The van der Waals surface area contributed by atoms with Gasteiger partial charge in [0.05, 0.1) is 17.7 Å². The summed E-state index contributed by atoms with van der Waals surface area (Å²) in [7, 11) is -2.37. The van der Waals surface area contributed by atoms with Crippen LogP contribution in [0.1, 0.15) is 22.8 Å². The molecule has 0 aliphatic carbocycles. The first-order valence-electron chi connectivity index (χ1n) is 8.56. The summed E-state index contributed by atoms with van der Waals surface area (Å²) in [5, 5.41) is 4.40. The Labute approximate surface area is 176 Å². The molecule has 3 aromatic rings. The lowest BCUT2D eigenvalue weighted by molar-refractivity contribution is -0.116. The number of methoxy groups -OCH3 is 1. The van der Waals surface area contributed by atoms with E-state index in [2.05, 4.69) is 5.32 Å². The van der Waals surface area contributed by atoms with Gasteiger partial charge in [0.25, 0.3) is 0 Å². The molecule has 1 N–H and O–H groups in total. The maximum absolute atomic E-state index is 13.4. The van der Waals surface area contributed by atoms with Crippen LogP contribution in [-0.4, -0.2) is 21.4 Å². The van der Waals surface area contributed by atoms with Crippen molar-refractivity contribution >= 4 is 44.4 Å². The molecule has 1 aliphatic rings. The zero-order valence-corrected chi connectivity index (χ0v) is 17.5. The number of rotatable bonds is 4. The number of hydrogen-bond acceptors (Lipinski definition) is 5. The largest absolute Gasteiger partial charge is 0.497 e. The van der Waals surface area contributed by atoms with E-state index in [4.69, 9.17) is 16.3 Å². The van der Waals surface area contributed by atoms with Crippen LogP contribution < -0.4 is 10.1 Å². The number of carbonyl (C=O) groups is 1. The van der Waals surface area contributed by atoms with Crippen LogP contribution in [0.4, 0.5) is 10.1 Å². The van der Waals surface area contributed by atoms with Crippen molar-refractivity contribution < 1.29 is 22.3 Å². The Morgan fingerprint density at radius 2 is 1.93 bits per heavy atom. The average Bonchev–Trinajstić information content (AvgIpc) is 3.12. The summed E-state index contributed by atoms with van der Waals surface area (Å²) in [5.74, 6) is -0.715. The molecular formula is C20H15ClFNO4S2. The molecule has 9 heteroatoms. The first kappa shape index (κ1) is 19.9. The monoisotopic (exact) mass is 451 g/mol. The number of halogens is 2. The van der Waals surface area contributed by atoms with Crippen molar-refractivity contribution in [3.63, 3.8) is 0 Å². The highest BCUT2D eigenvalue weighted by Crippen LogP contribution is 2.47. The van der Waals surface area contributed by atoms with Gasteiger partial charge in [-0.05, 0) is 42.0 Å². The van der Waals surface area contributed by atoms with Gasteiger partial charge in [0, 0.05) is 27.6 Å². The van der Waals surface area contributed by atoms with Gasteiger partial charge in [-0.15, -0.1) is 11.3 Å². The van der Waals surface area contributed by atoms with E-state index in [9.17, 15) is 17.6 Å². The molecule has 0 bridgehead atoms. The molecule has 1 atom stereocenters. The maximum Gasteiger partial charge on any atom is 0.225 e. The minimum Gasteiger partial charge on any atom is -0.497 e. The lowest BCUT2D eigenvalue weighted by Crippen LogP contribution is -2.23. The zero-order chi connectivity index (χ0) is 20.8. The highest BCUT2D eigenvalue weighted by atomic mass is 35.5. The summed E-state index contributed by atoms with van der Waals surface area (Å²) in [6, 6.07) is 10.0. The van der Waals surface area contributed by atoms with Crippen molar-refractivity contribution in [2.24, 2.45) is 0 Å². The minimum absolute atomic E-state index is 0.0268. The summed E-state index contributed by atoms with van der Waals surface area (Å²) in [4.78, 5) is 13.1. The van der Waals surface area contributed by atoms with Crippen molar-refractivity contribution in [2.75, 3.05) is 12.4 Å². The van der Waals surface area contributed by atoms with Gasteiger partial charge in [0.1, 0.15) is 16.5 Å². The van der Waals surface area contributed by atoms with E-state index in [1.165, 1.54) is 54.2 Å². The van der Waals surface area contributed by atoms with Gasteiger partial charge < -0.3 is 10.1 Å². The molecule has 0 saturated carbocycles. The Hall–Kier alpha value is -2.42. The Morgan fingerprint density at radius 1 is 1.21 bits per heavy atom. The Morgan fingerprint density at radius 3 is 2.59 bits per heavy atom. The Balaban J connectivity index is 1.81. The predicted molar refractivity (Wildman–Crippen MR) is 109 cm³/mol. The van der Waals surface area contributed by atoms with Gasteiger partial charge in [-0.2, -0.15) is 0 Å². The third-order valence-electron chi connectivity index (χ3n) is 4.75. The summed E-state index contributed by atoms with van der Waals surface area (Å²) in [6.45, 7) is 0. The second kappa shape index (κ2) is 7.44. The van der Waals surface area contributed by atoms with Crippen molar-refractivity contribution in [3.8, 4) is 5.75 Å². The second-order valence-corrected chi connectivity index (χ2v) is 9.73. The first-order valence-corrected chi connectivity index (χ1v) is 11.3. The number of sulfone groups is 1. The third-order valence-corrected chi connectivity index (χ3v) is 8.12. The minimum atomic E-state index is -3.86. The molecule has 4 rings (SSSR count). The highest BCUT2D eigenvalue weighted by molar-refractivity contribution is 7.91. The number of nitrogens with one attached hydrogen (secondary N) is 1. The lowest BCUT2D eigenvalue weighted by atomic mass is 9.90. The molecule has 1 aromatic heterocycles. The molecule has 1 amide bonds. The number of anilines is 1. The van der Waals surface area contributed by atoms with E-state index < -0.39 is 21.6 Å². The van der Waals surface area contributed by atoms with E-state index in [-0.39, 0.29) is 32.8 Å². The van der Waals surface area contributed by atoms with Gasteiger partial charge in [-0.3, -0.25) is 4.79 Å². The van der Waals surface area contributed by atoms with Gasteiger partial charge in [-0.25, -0.2) is 12.8 Å². The molecule has 29 heavy (non-hydrogen) atoms. The van der Waals surface area contributed by atoms with Crippen molar-refractivity contribution in [2.45, 2.75) is 22.1 Å². The summed E-state index contributed by atoms with van der Waals surface area (Å²) >= 11 is 7.43. The second-order valence-electron chi connectivity index (χ2n) is 6.49. The van der Waals surface area contributed by atoms with Crippen LogP contribution in [0.3, 0.4) is 0 Å². The molecule has 0 radical (unpaired) electrons. The van der Waals surface area contributed by atoms with Crippen molar-refractivity contribution in [3.05, 3.63) is 69.1 Å². The number of hydrogen-bond donors (Lipinski definition) is 1. The Kier molecular flexibility index (Phi) is 5.10. The van der Waals surface area contributed by atoms with E-state index in [1.807, 2.05) is 0 Å². The molecule has 1 aliphatic heterocycles. The molecule has 2 heterocycles. The van der Waals surface area contributed by atoms with Crippen LogP contribution in [0.15, 0.2) is 57.6 Å². The number of thiophene rings is 1. The van der Waals surface area contributed by atoms with Crippen molar-refractivity contribution in [1.82, 2.24) is 0 Å².